The predicted octanol–water partition coefficient (Wildman–Crippen LogP) is 2.80. The first-order valence-corrected chi connectivity index (χ1v) is 7.77. The van der Waals surface area contributed by atoms with E-state index in [-0.39, 0.29) is 5.91 Å². The van der Waals surface area contributed by atoms with Gasteiger partial charge in [0, 0.05) is 31.4 Å². The van der Waals surface area contributed by atoms with E-state index >= 15 is 0 Å². The van der Waals surface area contributed by atoms with Crippen LogP contribution in [0.25, 0.3) is 0 Å². The standard InChI is InChI=1S/C17H26N2O2/c1-4-18-14-7-8-15(13(2)11-14)16(20)19(3)12-17(21)9-5-6-10-17/h7-8,11,18,21H,4-6,9-10,12H2,1-3H3. The Morgan fingerprint density at radius 2 is 2.05 bits per heavy atom. The van der Waals surface area contributed by atoms with E-state index in [0.29, 0.717) is 12.1 Å². The van der Waals surface area contributed by atoms with Gasteiger partial charge in [0.2, 0.25) is 0 Å². The van der Waals surface area contributed by atoms with Crippen molar-refractivity contribution in [2.45, 2.75) is 45.1 Å². The van der Waals surface area contributed by atoms with Crippen LogP contribution in [0.5, 0.6) is 0 Å². The Hall–Kier alpha value is -1.55. The molecule has 2 rings (SSSR count). The topological polar surface area (TPSA) is 52.6 Å². The number of likely N-dealkylation sites (N-methyl/N-ethyl adjacent to an activating group) is 1. The summed E-state index contributed by atoms with van der Waals surface area (Å²) in [5.74, 6) is -0.0177. The van der Waals surface area contributed by atoms with Gasteiger partial charge >= 0.3 is 0 Å². The van der Waals surface area contributed by atoms with Crippen molar-refractivity contribution < 1.29 is 9.90 Å². The molecule has 1 aliphatic carbocycles. The molecule has 1 amide bonds. The smallest absolute Gasteiger partial charge is 0.253 e. The summed E-state index contributed by atoms with van der Waals surface area (Å²) in [4.78, 5) is 14.2. The van der Waals surface area contributed by atoms with Crippen LogP contribution in [0.4, 0.5) is 5.69 Å². The number of rotatable bonds is 5. The largest absolute Gasteiger partial charge is 0.388 e. The molecule has 0 atom stereocenters. The molecule has 2 N–H and O–H groups in total. The highest BCUT2D eigenvalue weighted by Gasteiger charge is 2.33. The average molecular weight is 290 g/mol. The minimum Gasteiger partial charge on any atom is -0.388 e. The number of nitrogens with zero attached hydrogens (tertiary/aromatic N) is 1. The van der Waals surface area contributed by atoms with E-state index in [2.05, 4.69) is 5.32 Å². The van der Waals surface area contributed by atoms with Gasteiger partial charge < -0.3 is 15.3 Å². The fourth-order valence-corrected chi connectivity index (χ4v) is 3.13. The van der Waals surface area contributed by atoms with Gasteiger partial charge in [-0.2, -0.15) is 0 Å². The molecule has 0 radical (unpaired) electrons. The van der Waals surface area contributed by atoms with E-state index in [1.807, 2.05) is 32.0 Å². The van der Waals surface area contributed by atoms with Crippen LogP contribution >= 0.6 is 0 Å². The fraction of sp³-hybridized carbons (Fsp3) is 0.588. The second kappa shape index (κ2) is 6.48. The first kappa shape index (κ1) is 15.8. The van der Waals surface area contributed by atoms with Gasteiger partial charge in [-0.15, -0.1) is 0 Å². The molecular weight excluding hydrogens is 264 g/mol. The molecule has 1 aromatic carbocycles. The molecule has 1 aliphatic rings. The summed E-state index contributed by atoms with van der Waals surface area (Å²) in [5, 5.41) is 13.7. The van der Waals surface area contributed by atoms with Gasteiger partial charge in [0.05, 0.1) is 5.60 Å². The molecule has 116 valence electrons. The minimum atomic E-state index is -0.692. The van der Waals surface area contributed by atoms with Crippen LogP contribution in [-0.2, 0) is 0 Å². The zero-order valence-corrected chi connectivity index (χ0v) is 13.3. The maximum absolute atomic E-state index is 12.6. The van der Waals surface area contributed by atoms with E-state index in [4.69, 9.17) is 0 Å². The third-order valence-electron chi connectivity index (χ3n) is 4.25. The van der Waals surface area contributed by atoms with E-state index in [1.165, 1.54) is 0 Å². The highest BCUT2D eigenvalue weighted by atomic mass is 16.3. The van der Waals surface area contributed by atoms with Crippen molar-refractivity contribution in [2.24, 2.45) is 0 Å². The maximum atomic E-state index is 12.6. The van der Waals surface area contributed by atoms with Gasteiger partial charge in [0.15, 0.2) is 0 Å². The van der Waals surface area contributed by atoms with Gasteiger partial charge in [-0.25, -0.2) is 0 Å². The normalized spacial score (nSPS) is 16.8. The number of nitrogens with one attached hydrogen (secondary N) is 1. The van der Waals surface area contributed by atoms with Gasteiger partial charge in [-0.1, -0.05) is 12.8 Å². The van der Waals surface area contributed by atoms with Crippen LogP contribution in [0.1, 0.15) is 48.5 Å². The van der Waals surface area contributed by atoms with Crippen LogP contribution in [0.3, 0.4) is 0 Å². The molecule has 4 nitrogen and oxygen atoms in total. The van der Waals surface area contributed by atoms with Crippen LogP contribution in [0, 0.1) is 6.92 Å². The zero-order valence-electron chi connectivity index (χ0n) is 13.3. The summed E-state index contributed by atoms with van der Waals surface area (Å²) < 4.78 is 0. The summed E-state index contributed by atoms with van der Waals surface area (Å²) in [6.07, 6.45) is 3.69. The molecule has 0 heterocycles. The molecular formula is C17H26N2O2. The fourth-order valence-electron chi connectivity index (χ4n) is 3.13. The molecule has 0 bridgehead atoms. The lowest BCUT2D eigenvalue weighted by molar-refractivity contribution is 0.0156. The maximum Gasteiger partial charge on any atom is 0.253 e. The molecule has 0 aromatic heterocycles. The lowest BCUT2D eigenvalue weighted by Gasteiger charge is -2.29. The molecule has 1 fully saturated rings. The number of aryl methyl sites for hydroxylation is 1. The van der Waals surface area contributed by atoms with Crippen LogP contribution in [0.2, 0.25) is 0 Å². The minimum absolute atomic E-state index is 0.0177. The van der Waals surface area contributed by atoms with E-state index in [9.17, 15) is 9.90 Å². The number of hydrogen-bond donors (Lipinski definition) is 2. The molecule has 1 saturated carbocycles. The molecule has 0 spiro atoms. The summed E-state index contributed by atoms with van der Waals surface area (Å²) in [7, 11) is 1.77. The van der Waals surface area contributed by atoms with Crippen molar-refractivity contribution in [2.75, 3.05) is 25.5 Å². The van der Waals surface area contributed by atoms with Crippen molar-refractivity contribution >= 4 is 11.6 Å². The van der Waals surface area contributed by atoms with Gasteiger partial charge in [-0.3, -0.25) is 4.79 Å². The molecule has 1 aromatic rings. The quantitative estimate of drug-likeness (QED) is 0.876. The Balaban J connectivity index is 2.08. The highest BCUT2D eigenvalue weighted by molar-refractivity contribution is 5.96. The van der Waals surface area contributed by atoms with E-state index in [1.54, 1.807) is 11.9 Å². The van der Waals surface area contributed by atoms with Crippen molar-refractivity contribution in [3.8, 4) is 0 Å². The molecule has 21 heavy (non-hydrogen) atoms. The number of anilines is 1. The summed E-state index contributed by atoms with van der Waals surface area (Å²) in [5.41, 5.74) is 2.01. The molecule has 0 saturated heterocycles. The number of carbonyl (C=O) groups excluding carboxylic acids is 1. The molecule has 0 aliphatic heterocycles. The third kappa shape index (κ3) is 3.76. The Bertz CT molecular complexity index is 508. The molecule has 0 unspecified atom stereocenters. The lowest BCUT2D eigenvalue weighted by atomic mass is 10.0. The Morgan fingerprint density at radius 3 is 2.62 bits per heavy atom. The van der Waals surface area contributed by atoms with Gasteiger partial charge in [-0.05, 0) is 50.5 Å². The second-order valence-corrected chi connectivity index (χ2v) is 6.15. The lowest BCUT2D eigenvalue weighted by Crippen LogP contribution is -2.42. The van der Waals surface area contributed by atoms with Gasteiger partial charge in [0.1, 0.15) is 0 Å². The SMILES string of the molecule is CCNc1ccc(C(=O)N(C)CC2(O)CCCC2)c(C)c1. The number of benzene rings is 1. The zero-order chi connectivity index (χ0) is 15.5. The monoisotopic (exact) mass is 290 g/mol. The van der Waals surface area contributed by atoms with Crippen molar-refractivity contribution in [3.63, 3.8) is 0 Å². The predicted molar refractivity (Wildman–Crippen MR) is 85.7 cm³/mol. The summed E-state index contributed by atoms with van der Waals surface area (Å²) in [6.45, 7) is 5.27. The van der Waals surface area contributed by atoms with E-state index < -0.39 is 5.60 Å². The number of hydrogen-bond acceptors (Lipinski definition) is 3. The van der Waals surface area contributed by atoms with Gasteiger partial charge in [0.25, 0.3) is 5.91 Å². The first-order chi connectivity index (χ1) is 9.95. The number of amides is 1. The van der Waals surface area contributed by atoms with E-state index in [0.717, 1.165) is 43.5 Å². The van der Waals surface area contributed by atoms with Crippen LogP contribution < -0.4 is 5.32 Å². The molecule has 4 heteroatoms. The Morgan fingerprint density at radius 1 is 1.38 bits per heavy atom. The summed E-state index contributed by atoms with van der Waals surface area (Å²) >= 11 is 0. The Labute approximate surface area is 127 Å². The summed E-state index contributed by atoms with van der Waals surface area (Å²) in [6, 6.07) is 5.79. The second-order valence-electron chi connectivity index (χ2n) is 6.15. The first-order valence-electron chi connectivity index (χ1n) is 7.77. The highest BCUT2D eigenvalue weighted by Crippen LogP contribution is 2.30. The number of carbonyl (C=O) groups is 1. The van der Waals surface area contributed by atoms with Crippen LogP contribution in [0.15, 0.2) is 18.2 Å². The van der Waals surface area contributed by atoms with Crippen molar-refractivity contribution in [3.05, 3.63) is 29.3 Å². The third-order valence-corrected chi connectivity index (χ3v) is 4.25. The van der Waals surface area contributed by atoms with Crippen molar-refractivity contribution in [1.29, 1.82) is 0 Å². The van der Waals surface area contributed by atoms with Crippen molar-refractivity contribution in [1.82, 2.24) is 4.90 Å². The Kier molecular flexibility index (Phi) is 4.88. The average Bonchev–Trinajstić information content (AvgIpc) is 2.85. The van der Waals surface area contributed by atoms with Crippen LogP contribution in [-0.4, -0.2) is 41.7 Å². The number of aliphatic hydroxyl groups is 1.